The third kappa shape index (κ3) is 3.66. The highest BCUT2D eigenvalue weighted by Gasteiger charge is 2.08. The zero-order valence-corrected chi connectivity index (χ0v) is 11.7. The van der Waals surface area contributed by atoms with Crippen LogP contribution in [-0.4, -0.2) is 0 Å². The van der Waals surface area contributed by atoms with Crippen LogP contribution in [-0.2, 0) is 6.42 Å². The SMILES string of the molecule is CC(C)Cc1cc(C(C)C)cc(C(C)C)c1. The zero-order valence-electron chi connectivity index (χ0n) is 11.7. The van der Waals surface area contributed by atoms with E-state index in [-0.39, 0.29) is 0 Å². The fourth-order valence-corrected chi connectivity index (χ4v) is 2.00. The molecule has 0 heteroatoms. The third-order valence-corrected chi connectivity index (χ3v) is 3.01. The molecule has 0 heterocycles. The van der Waals surface area contributed by atoms with Crippen LogP contribution in [0.1, 0.15) is 70.1 Å². The number of rotatable bonds is 4. The average Bonchev–Trinajstić information content (AvgIpc) is 2.15. The quantitative estimate of drug-likeness (QED) is 0.657. The van der Waals surface area contributed by atoms with Crippen molar-refractivity contribution in [2.45, 2.75) is 59.8 Å². The van der Waals surface area contributed by atoms with Gasteiger partial charge in [0.25, 0.3) is 0 Å². The maximum absolute atomic E-state index is 2.39. The van der Waals surface area contributed by atoms with Crippen LogP contribution in [0.25, 0.3) is 0 Å². The Morgan fingerprint density at radius 3 is 1.50 bits per heavy atom. The molecule has 0 aromatic heterocycles. The van der Waals surface area contributed by atoms with Crippen LogP contribution in [0, 0.1) is 5.92 Å². The smallest absolute Gasteiger partial charge is 0.0219 e. The molecule has 0 radical (unpaired) electrons. The Labute approximate surface area is 101 Å². The van der Waals surface area contributed by atoms with E-state index in [1.54, 1.807) is 0 Å². The highest BCUT2D eigenvalue weighted by molar-refractivity contribution is 5.33. The Bertz CT molecular complexity index is 306. The number of benzene rings is 1. The lowest BCUT2D eigenvalue weighted by molar-refractivity contribution is 0.644. The highest BCUT2D eigenvalue weighted by atomic mass is 14.1. The summed E-state index contributed by atoms with van der Waals surface area (Å²) in [7, 11) is 0. The predicted octanol–water partition coefficient (Wildman–Crippen LogP) is 5.13. The van der Waals surface area contributed by atoms with Crippen molar-refractivity contribution >= 4 is 0 Å². The molecule has 0 aliphatic rings. The van der Waals surface area contributed by atoms with Crippen LogP contribution < -0.4 is 0 Å². The van der Waals surface area contributed by atoms with Gasteiger partial charge in [-0.3, -0.25) is 0 Å². The largest absolute Gasteiger partial charge is 0.0625 e. The maximum Gasteiger partial charge on any atom is -0.0219 e. The third-order valence-electron chi connectivity index (χ3n) is 3.01. The van der Waals surface area contributed by atoms with Gasteiger partial charge in [-0.25, -0.2) is 0 Å². The molecule has 0 nitrogen and oxygen atoms in total. The van der Waals surface area contributed by atoms with E-state index >= 15 is 0 Å². The van der Waals surface area contributed by atoms with E-state index in [1.807, 2.05) is 0 Å². The highest BCUT2D eigenvalue weighted by Crippen LogP contribution is 2.24. The molecule has 90 valence electrons. The second-order valence-corrected chi connectivity index (χ2v) is 5.92. The monoisotopic (exact) mass is 218 g/mol. The number of hydrogen-bond donors (Lipinski definition) is 0. The van der Waals surface area contributed by atoms with Gasteiger partial charge in [0.2, 0.25) is 0 Å². The van der Waals surface area contributed by atoms with Crippen molar-refractivity contribution in [2.24, 2.45) is 5.92 Å². The lowest BCUT2D eigenvalue weighted by Gasteiger charge is -2.15. The molecule has 1 rings (SSSR count). The summed E-state index contributed by atoms with van der Waals surface area (Å²) in [4.78, 5) is 0. The van der Waals surface area contributed by atoms with Gasteiger partial charge in [0, 0.05) is 0 Å². The van der Waals surface area contributed by atoms with E-state index in [0.717, 1.165) is 5.92 Å². The van der Waals surface area contributed by atoms with Crippen molar-refractivity contribution in [3.63, 3.8) is 0 Å². The molecule has 0 atom stereocenters. The molecule has 1 aromatic carbocycles. The van der Waals surface area contributed by atoms with Crippen LogP contribution >= 0.6 is 0 Å². The topological polar surface area (TPSA) is 0 Å². The Hall–Kier alpha value is -0.780. The van der Waals surface area contributed by atoms with Crippen molar-refractivity contribution in [3.05, 3.63) is 34.9 Å². The Morgan fingerprint density at radius 1 is 0.750 bits per heavy atom. The van der Waals surface area contributed by atoms with Crippen molar-refractivity contribution in [3.8, 4) is 0 Å². The average molecular weight is 218 g/mol. The van der Waals surface area contributed by atoms with E-state index in [2.05, 4.69) is 59.7 Å². The van der Waals surface area contributed by atoms with Crippen LogP contribution in [0.5, 0.6) is 0 Å². The van der Waals surface area contributed by atoms with Crippen LogP contribution in [0.4, 0.5) is 0 Å². The predicted molar refractivity (Wildman–Crippen MR) is 73.2 cm³/mol. The molecule has 0 bridgehead atoms. The van der Waals surface area contributed by atoms with Crippen LogP contribution in [0.15, 0.2) is 18.2 Å². The van der Waals surface area contributed by atoms with E-state index < -0.39 is 0 Å². The summed E-state index contributed by atoms with van der Waals surface area (Å²) in [6, 6.07) is 7.15. The lowest BCUT2D eigenvalue weighted by atomic mass is 9.90. The van der Waals surface area contributed by atoms with Gasteiger partial charge in [0.15, 0.2) is 0 Å². The summed E-state index contributed by atoms with van der Waals surface area (Å²) in [5, 5.41) is 0. The molecule has 0 saturated heterocycles. The first-order valence-electron chi connectivity index (χ1n) is 6.54. The standard InChI is InChI=1S/C16H26/c1-11(2)7-14-8-15(12(3)4)10-16(9-14)13(5)6/h8-13H,7H2,1-6H3. The summed E-state index contributed by atoms with van der Waals surface area (Å²) >= 11 is 0. The molecule has 0 saturated carbocycles. The molecule has 0 N–H and O–H groups in total. The minimum Gasteiger partial charge on any atom is -0.0625 e. The normalized spacial score (nSPS) is 11.8. The van der Waals surface area contributed by atoms with Gasteiger partial charge in [0.1, 0.15) is 0 Å². The number of hydrogen-bond acceptors (Lipinski definition) is 0. The first kappa shape index (κ1) is 13.3. The van der Waals surface area contributed by atoms with E-state index in [4.69, 9.17) is 0 Å². The summed E-state index contributed by atoms with van der Waals surface area (Å²) in [6.07, 6.45) is 1.19. The Kier molecular flexibility index (Phi) is 4.58. The zero-order chi connectivity index (χ0) is 12.3. The summed E-state index contributed by atoms with van der Waals surface area (Å²) < 4.78 is 0. The van der Waals surface area contributed by atoms with Gasteiger partial charge in [-0.05, 0) is 40.9 Å². The van der Waals surface area contributed by atoms with Gasteiger partial charge in [0.05, 0.1) is 0 Å². The minimum atomic E-state index is 0.629. The van der Waals surface area contributed by atoms with Gasteiger partial charge in [-0.15, -0.1) is 0 Å². The molecule has 0 spiro atoms. The molecule has 0 amide bonds. The van der Waals surface area contributed by atoms with Crippen molar-refractivity contribution in [1.29, 1.82) is 0 Å². The fraction of sp³-hybridized carbons (Fsp3) is 0.625. The molecular formula is C16H26. The fourth-order valence-electron chi connectivity index (χ4n) is 2.00. The second kappa shape index (κ2) is 5.52. The Morgan fingerprint density at radius 2 is 1.19 bits per heavy atom. The van der Waals surface area contributed by atoms with Crippen molar-refractivity contribution in [2.75, 3.05) is 0 Å². The van der Waals surface area contributed by atoms with Gasteiger partial charge in [-0.2, -0.15) is 0 Å². The maximum atomic E-state index is 2.39. The molecule has 0 aliphatic carbocycles. The molecule has 0 aliphatic heterocycles. The first-order valence-corrected chi connectivity index (χ1v) is 6.54. The summed E-state index contributed by atoms with van der Waals surface area (Å²) in [5.41, 5.74) is 4.48. The van der Waals surface area contributed by atoms with E-state index in [9.17, 15) is 0 Å². The summed E-state index contributed by atoms with van der Waals surface area (Å²) in [5.74, 6) is 2.00. The molecule has 16 heavy (non-hydrogen) atoms. The van der Waals surface area contributed by atoms with Gasteiger partial charge in [-0.1, -0.05) is 59.7 Å². The van der Waals surface area contributed by atoms with Crippen molar-refractivity contribution in [1.82, 2.24) is 0 Å². The van der Waals surface area contributed by atoms with E-state index in [1.165, 1.54) is 23.1 Å². The van der Waals surface area contributed by atoms with Gasteiger partial charge >= 0.3 is 0 Å². The minimum absolute atomic E-state index is 0.629. The van der Waals surface area contributed by atoms with E-state index in [0.29, 0.717) is 11.8 Å². The van der Waals surface area contributed by atoms with Crippen molar-refractivity contribution < 1.29 is 0 Å². The van der Waals surface area contributed by atoms with Crippen LogP contribution in [0.2, 0.25) is 0 Å². The van der Waals surface area contributed by atoms with Gasteiger partial charge < -0.3 is 0 Å². The Balaban J connectivity index is 3.08. The molecule has 1 aromatic rings. The first-order chi connectivity index (χ1) is 7.40. The molecule has 0 fully saturated rings. The second-order valence-electron chi connectivity index (χ2n) is 5.92. The summed E-state index contributed by atoms with van der Waals surface area (Å²) in [6.45, 7) is 13.7. The molecule has 0 unspecified atom stereocenters. The lowest BCUT2D eigenvalue weighted by Crippen LogP contribution is -2.00. The molecular weight excluding hydrogens is 192 g/mol. The van der Waals surface area contributed by atoms with Crippen LogP contribution in [0.3, 0.4) is 0 Å².